The van der Waals surface area contributed by atoms with E-state index in [4.69, 9.17) is 16.0 Å². The zero-order valence-electron chi connectivity index (χ0n) is 22.0. The van der Waals surface area contributed by atoms with Gasteiger partial charge in [0.15, 0.2) is 0 Å². The molecule has 14 heteroatoms. The Morgan fingerprint density at radius 1 is 0.850 bits per heavy atom. The second-order valence-corrected chi connectivity index (χ2v) is 8.43. The lowest BCUT2D eigenvalue weighted by molar-refractivity contribution is -0.143. The Balaban J connectivity index is 2.24. The molecular weight excluding hydrogens is 520 g/mol. The van der Waals surface area contributed by atoms with Gasteiger partial charge in [0.2, 0.25) is 23.6 Å². The van der Waals surface area contributed by atoms with E-state index in [0.717, 1.165) is 5.56 Å². The number of carbonyl (C=O) groups is 5. The number of rotatable bonds is 15. The van der Waals surface area contributed by atoms with Gasteiger partial charge < -0.3 is 31.7 Å². The van der Waals surface area contributed by atoms with E-state index in [1.54, 1.807) is 61.5 Å². The molecule has 2 aromatic rings. The van der Waals surface area contributed by atoms with Crippen molar-refractivity contribution >= 4 is 35.3 Å². The fraction of sp³-hybridized carbons (Fsp3) is 0.346. The summed E-state index contributed by atoms with van der Waals surface area (Å²) in [7, 11) is 0. The van der Waals surface area contributed by atoms with E-state index in [2.05, 4.69) is 31.3 Å². The lowest BCUT2D eigenvalue weighted by Crippen LogP contribution is -2.56. The molecule has 0 aliphatic carbocycles. The standard InChI is InChI=1S/C26H32N8O6/c1-2-40-24(37)16-30-25(38)20(13-18-8-10-19(11-9-18)33-34-28)32-26(39)21(12-17-6-4-3-5-7-17)31-23(36)15-29-22(35)14-27/h3-11,20-21H,2,12-16,27H2,1H3,(H,29,35)(H,30,38)(H,31,36)(H,32,39)/t20-,21-/m0/s1. The number of hydrogen-bond donors (Lipinski definition) is 5. The van der Waals surface area contributed by atoms with Gasteiger partial charge in [-0.15, -0.1) is 0 Å². The summed E-state index contributed by atoms with van der Waals surface area (Å²) in [5, 5.41) is 13.5. The first-order chi connectivity index (χ1) is 19.2. The van der Waals surface area contributed by atoms with Crippen molar-refractivity contribution < 1.29 is 28.7 Å². The van der Waals surface area contributed by atoms with Gasteiger partial charge in [0.1, 0.15) is 18.6 Å². The van der Waals surface area contributed by atoms with Crippen LogP contribution in [0.2, 0.25) is 0 Å². The van der Waals surface area contributed by atoms with Crippen molar-refractivity contribution in [3.63, 3.8) is 0 Å². The van der Waals surface area contributed by atoms with E-state index in [1.165, 1.54) is 0 Å². The summed E-state index contributed by atoms with van der Waals surface area (Å²) in [5.41, 5.74) is 15.6. The Kier molecular flexibility index (Phi) is 13.1. The first-order valence-corrected chi connectivity index (χ1v) is 12.4. The summed E-state index contributed by atoms with van der Waals surface area (Å²) < 4.78 is 4.84. The van der Waals surface area contributed by atoms with Crippen LogP contribution in [-0.2, 0) is 41.6 Å². The Morgan fingerprint density at radius 3 is 2.08 bits per heavy atom. The first kappa shape index (κ1) is 31.3. The van der Waals surface area contributed by atoms with Crippen LogP contribution in [0.25, 0.3) is 10.4 Å². The highest BCUT2D eigenvalue weighted by molar-refractivity contribution is 5.94. The molecule has 0 radical (unpaired) electrons. The van der Waals surface area contributed by atoms with Crippen LogP contribution in [0.3, 0.4) is 0 Å². The van der Waals surface area contributed by atoms with E-state index < -0.39 is 54.8 Å². The molecule has 0 saturated carbocycles. The van der Waals surface area contributed by atoms with Gasteiger partial charge in [-0.1, -0.05) is 59.7 Å². The molecule has 212 valence electrons. The summed E-state index contributed by atoms with van der Waals surface area (Å²) in [4.78, 5) is 64.8. The molecule has 2 rings (SSSR count). The Hall–Kier alpha value is -4.94. The summed E-state index contributed by atoms with van der Waals surface area (Å²) in [6, 6.07) is 13.0. The SMILES string of the molecule is CCOC(=O)CNC(=O)[C@H](Cc1ccc(N=[N+]=[N-])cc1)NC(=O)[C@H](Cc1ccccc1)NC(=O)CNC(=O)CN. The minimum atomic E-state index is -1.14. The maximum atomic E-state index is 13.4. The van der Waals surface area contributed by atoms with Crippen LogP contribution in [-0.4, -0.2) is 67.9 Å². The second kappa shape index (κ2) is 16.8. The van der Waals surface area contributed by atoms with Gasteiger partial charge in [0.25, 0.3) is 0 Å². The number of nitrogens with two attached hydrogens (primary N) is 1. The molecule has 0 saturated heterocycles. The Bertz CT molecular complexity index is 1220. The van der Waals surface area contributed by atoms with Gasteiger partial charge in [-0.3, -0.25) is 24.0 Å². The number of esters is 1. The lowest BCUT2D eigenvalue weighted by atomic mass is 10.0. The number of azide groups is 1. The molecule has 0 heterocycles. The maximum absolute atomic E-state index is 13.4. The molecule has 0 spiro atoms. The minimum Gasteiger partial charge on any atom is -0.465 e. The van der Waals surface area contributed by atoms with E-state index in [0.29, 0.717) is 11.3 Å². The number of hydrogen-bond acceptors (Lipinski definition) is 8. The summed E-state index contributed by atoms with van der Waals surface area (Å²) in [5.74, 6) is -3.13. The van der Waals surface area contributed by atoms with Crippen LogP contribution >= 0.6 is 0 Å². The molecular formula is C26H32N8O6. The maximum Gasteiger partial charge on any atom is 0.325 e. The van der Waals surface area contributed by atoms with Crippen molar-refractivity contribution in [2.24, 2.45) is 10.8 Å². The van der Waals surface area contributed by atoms with Crippen molar-refractivity contribution in [2.45, 2.75) is 31.8 Å². The van der Waals surface area contributed by atoms with E-state index >= 15 is 0 Å². The van der Waals surface area contributed by atoms with E-state index in [9.17, 15) is 24.0 Å². The zero-order valence-corrected chi connectivity index (χ0v) is 22.0. The predicted molar refractivity (Wildman–Crippen MR) is 145 cm³/mol. The van der Waals surface area contributed by atoms with Gasteiger partial charge in [-0.25, -0.2) is 0 Å². The summed E-state index contributed by atoms with van der Waals surface area (Å²) in [6.07, 6.45) is 0.122. The van der Waals surface area contributed by atoms with Crippen LogP contribution in [0.5, 0.6) is 0 Å². The molecule has 0 unspecified atom stereocenters. The third-order valence-corrected chi connectivity index (χ3v) is 5.45. The van der Waals surface area contributed by atoms with Crippen LogP contribution in [0.4, 0.5) is 5.69 Å². The average molecular weight is 553 g/mol. The third kappa shape index (κ3) is 11.2. The van der Waals surface area contributed by atoms with Crippen molar-refractivity contribution in [1.29, 1.82) is 0 Å². The smallest absolute Gasteiger partial charge is 0.325 e. The van der Waals surface area contributed by atoms with Gasteiger partial charge in [-0.2, -0.15) is 0 Å². The van der Waals surface area contributed by atoms with Crippen LogP contribution in [0.1, 0.15) is 18.1 Å². The Labute approximate surface area is 230 Å². The van der Waals surface area contributed by atoms with E-state index in [-0.39, 0.29) is 26.0 Å². The van der Waals surface area contributed by atoms with Crippen molar-refractivity contribution in [3.05, 3.63) is 76.2 Å². The molecule has 0 aromatic heterocycles. The van der Waals surface area contributed by atoms with Gasteiger partial charge >= 0.3 is 5.97 Å². The van der Waals surface area contributed by atoms with Gasteiger partial charge in [-0.05, 0) is 23.6 Å². The molecule has 0 bridgehead atoms. The van der Waals surface area contributed by atoms with Gasteiger partial charge in [0.05, 0.1) is 19.7 Å². The molecule has 14 nitrogen and oxygen atoms in total. The largest absolute Gasteiger partial charge is 0.465 e. The summed E-state index contributed by atoms with van der Waals surface area (Å²) in [6.45, 7) is 0.674. The molecule has 6 N–H and O–H groups in total. The molecule has 0 aliphatic rings. The fourth-order valence-corrected chi connectivity index (χ4v) is 3.52. The van der Waals surface area contributed by atoms with Crippen LogP contribution in [0.15, 0.2) is 59.7 Å². The quantitative estimate of drug-likeness (QED) is 0.0889. The zero-order chi connectivity index (χ0) is 29.3. The highest BCUT2D eigenvalue weighted by atomic mass is 16.5. The number of nitrogens with one attached hydrogen (secondary N) is 4. The Morgan fingerprint density at radius 2 is 1.48 bits per heavy atom. The number of carbonyl (C=O) groups excluding carboxylic acids is 5. The van der Waals surface area contributed by atoms with Crippen molar-refractivity contribution in [2.75, 3.05) is 26.2 Å². The molecule has 0 aliphatic heterocycles. The highest BCUT2D eigenvalue weighted by Crippen LogP contribution is 2.15. The van der Waals surface area contributed by atoms with Crippen molar-refractivity contribution in [3.8, 4) is 0 Å². The highest BCUT2D eigenvalue weighted by Gasteiger charge is 2.28. The molecule has 2 aromatic carbocycles. The van der Waals surface area contributed by atoms with E-state index in [1.807, 2.05) is 0 Å². The summed E-state index contributed by atoms with van der Waals surface area (Å²) >= 11 is 0. The minimum absolute atomic E-state index is 0.0233. The predicted octanol–water partition coefficient (Wildman–Crippen LogP) is 0.137. The first-order valence-electron chi connectivity index (χ1n) is 12.4. The second-order valence-electron chi connectivity index (χ2n) is 8.43. The molecule has 4 amide bonds. The monoisotopic (exact) mass is 552 g/mol. The molecule has 2 atom stereocenters. The number of ether oxygens (including phenoxy) is 1. The fourth-order valence-electron chi connectivity index (χ4n) is 3.52. The number of amides is 4. The topological polar surface area (TPSA) is 217 Å². The lowest BCUT2D eigenvalue weighted by Gasteiger charge is -2.23. The normalized spacial score (nSPS) is 11.7. The van der Waals surface area contributed by atoms with Crippen molar-refractivity contribution in [1.82, 2.24) is 21.3 Å². The average Bonchev–Trinajstić information content (AvgIpc) is 2.95. The van der Waals surface area contributed by atoms with Crippen LogP contribution in [0, 0.1) is 0 Å². The van der Waals surface area contributed by atoms with Gasteiger partial charge in [0, 0.05) is 23.4 Å². The number of benzene rings is 2. The van der Waals surface area contributed by atoms with Crippen LogP contribution < -0.4 is 27.0 Å². The third-order valence-electron chi connectivity index (χ3n) is 5.45. The number of nitrogens with zero attached hydrogens (tertiary/aromatic N) is 3. The molecule has 0 fully saturated rings. The molecule has 40 heavy (non-hydrogen) atoms.